The van der Waals surface area contributed by atoms with Crippen LogP contribution >= 0.6 is 24.0 Å². The Morgan fingerprint density at radius 1 is 1.23 bits per heavy atom. The summed E-state index contributed by atoms with van der Waals surface area (Å²) < 4.78 is 0. The highest BCUT2D eigenvalue weighted by atomic mass is 35.5. The van der Waals surface area contributed by atoms with E-state index in [0.717, 1.165) is 24.5 Å². The summed E-state index contributed by atoms with van der Waals surface area (Å²) in [7, 11) is 0. The fraction of sp³-hybridized carbons (Fsp3) is 0.400. The fourth-order valence-corrected chi connectivity index (χ4v) is 1.82. The molecule has 1 aliphatic rings. The van der Waals surface area contributed by atoms with Crippen molar-refractivity contribution in [1.29, 1.82) is 0 Å². The first kappa shape index (κ1) is 10.8. The van der Waals surface area contributed by atoms with Gasteiger partial charge in [0.05, 0.1) is 0 Å². The second kappa shape index (κ2) is 4.85. The molecule has 1 aromatic rings. The van der Waals surface area contributed by atoms with Crippen molar-refractivity contribution in [3.63, 3.8) is 0 Å². The van der Waals surface area contributed by atoms with Gasteiger partial charge in [0.15, 0.2) is 0 Å². The lowest BCUT2D eigenvalue weighted by atomic mass is 10.0. The number of hydrogen-bond acceptors (Lipinski definition) is 1. The average Bonchev–Trinajstić information content (AvgIpc) is 2.28. The molecule has 0 saturated heterocycles. The fourth-order valence-electron chi connectivity index (χ4n) is 1.63. The summed E-state index contributed by atoms with van der Waals surface area (Å²) in [6.07, 6.45) is 2.37. The topological polar surface area (TPSA) is 12.0 Å². The maximum Gasteiger partial charge on any atom is 0.0408 e. The number of fused-ring (bicyclic) bond motifs is 1. The van der Waals surface area contributed by atoms with Crippen molar-refractivity contribution in [2.75, 3.05) is 6.54 Å². The molecule has 0 fully saturated rings. The van der Waals surface area contributed by atoms with Crippen LogP contribution in [0.5, 0.6) is 0 Å². The summed E-state index contributed by atoms with van der Waals surface area (Å²) in [6, 6.07) is 6.17. The van der Waals surface area contributed by atoms with Gasteiger partial charge < -0.3 is 5.32 Å². The summed E-state index contributed by atoms with van der Waals surface area (Å²) in [5, 5.41) is 4.24. The van der Waals surface area contributed by atoms with Crippen molar-refractivity contribution >= 4 is 24.0 Å². The van der Waals surface area contributed by atoms with E-state index in [9.17, 15) is 0 Å². The van der Waals surface area contributed by atoms with Crippen LogP contribution in [0.1, 0.15) is 17.5 Å². The molecule has 0 unspecified atom stereocenters. The lowest BCUT2D eigenvalue weighted by molar-refractivity contribution is 0.681. The van der Waals surface area contributed by atoms with Crippen LogP contribution in [0.15, 0.2) is 18.2 Å². The predicted octanol–water partition coefficient (Wildman–Crippen LogP) is 2.80. The van der Waals surface area contributed by atoms with Crippen LogP contribution in [0, 0.1) is 0 Å². The zero-order valence-corrected chi connectivity index (χ0v) is 8.92. The molecule has 1 heterocycles. The Bertz CT molecular complexity index is 286. The number of benzene rings is 1. The smallest absolute Gasteiger partial charge is 0.0408 e. The van der Waals surface area contributed by atoms with E-state index in [0.29, 0.717) is 0 Å². The van der Waals surface area contributed by atoms with Crippen molar-refractivity contribution in [3.8, 4) is 0 Å². The second-order valence-electron chi connectivity index (χ2n) is 3.19. The average molecular weight is 218 g/mol. The van der Waals surface area contributed by atoms with Gasteiger partial charge in [-0.15, -0.1) is 12.4 Å². The molecule has 0 aromatic heterocycles. The Hall–Kier alpha value is -0.240. The maximum atomic E-state index is 5.91. The number of halogens is 2. The molecule has 2 rings (SSSR count). The summed E-state index contributed by atoms with van der Waals surface area (Å²) in [5.41, 5.74) is 2.81. The zero-order chi connectivity index (χ0) is 8.39. The number of aryl methyl sites for hydroxylation is 1. The van der Waals surface area contributed by atoms with Crippen molar-refractivity contribution in [2.45, 2.75) is 19.4 Å². The molecule has 1 N–H and O–H groups in total. The third-order valence-corrected chi connectivity index (χ3v) is 2.52. The SMILES string of the molecule is Cl.Clc1ccc2c(c1)CCCNC2. The largest absolute Gasteiger partial charge is 0.313 e. The van der Waals surface area contributed by atoms with Gasteiger partial charge in [0, 0.05) is 11.6 Å². The minimum absolute atomic E-state index is 0. The van der Waals surface area contributed by atoms with E-state index < -0.39 is 0 Å². The molecule has 13 heavy (non-hydrogen) atoms. The van der Waals surface area contributed by atoms with Gasteiger partial charge in [-0.1, -0.05) is 17.7 Å². The first-order chi connectivity index (χ1) is 5.86. The zero-order valence-electron chi connectivity index (χ0n) is 7.35. The molecule has 0 bridgehead atoms. The van der Waals surface area contributed by atoms with Gasteiger partial charge in [-0.3, -0.25) is 0 Å². The van der Waals surface area contributed by atoms with Gasteiger partial charge in [-0.2, -0.15) is 0 Å². The molecule has 1 nitrogen and oxygen atoms in total. The normalized spacial score (nSPS) is 15.5. The summed E-state index contributed by atoms with van der Waals surface area (Å²) in [6.45, 7) is 2.11. The standard InChI is InChI=1S/C10H12ClN.ClH/c11-10-4-3-9-7-12-5-1-2-8(9)6-10;/h3-4,6,12H,1-2,5,7H2;1H. The molecule has 0 amide bonds. The third-order valence-electron chi connectivity index (χ3n) is 2.28. The van der Waals surface area contributed by atoms with E-state index in [2.05, 4.69) is 17.4 Å². The molecule has 3 heteroatoms. The minimum atomic E-state index is 0. The molecule has 0 aliphatic carbocycles. The van der Waals surface area contributed by atoms with E-state index in [1.165, 1.54) is 17.5 Å². The lowest BCUT2D eigenvalue weighted by Gasteiger charge is -2.04. The molecular formula is C10H13Cl2N. The Labute approximate surface area is 89.9 Å². The third kappa shape index (κ3) is 2.60. The highest BCUT2D eigenvalue weighted by Crippen LogP contribution is 2.19. The molecule has 1 aromatic carbocycles. The van der Waals surface area contributed by atoms with Crippen LogP contribution in [0.3, 0.4) is 0 Å². The molecule has 0 radical (unpaired) electrons. The van der Waals surface area contributed by atoms with E-state index in [1.54, 1.807) is 0 Å². The Morgan fingerprint density at radius 2 is 2.08 bits per heavy atom. The van der Waals surface area contributed by atoms with E-state index in [1.807, 2.05) is 6.07 Å². The van der Waals surface area contributed by atoms with Crippen LogP contribution in [-0.2, 0) is 13.0 Å². The van der Waals surface area contributed by atoms with Gasteiger partial charge in [0.25, 0.3) is 0 Å². The van der Waals surface area contributed by atoms with Crippen LogP contribution < -0.4 is 5.32 Å². The van der Waals surface area contributed by atoms with E-state index in [4.69, 9.17) is 11.6 Å². The molecular weight excluding hydrogens is 205 g/mol. The van der Waals surface area contributed by atoms with E-state index in [-0.39, 0.29) is 12.4 Å². The lowest BCUT2D eigenvalue weighted by Crippen LogP contribution is -2.11. The van der Waals surface area contributed by atoms with Crippen molar-refractivity contribution in [1.82, 2.24) is 5.32 Å². The Balaban J connectivity index is 0.000000845. The number of nitrogens with one attached hydrogen (secondary N) is 1. The maximum absolute atomic E-state index is 5.91. The summed E-state index contributed by atoms with van der Waals surface area (Å²) in [5.74, 6) is 0. The van der Waals surface area contributed by atoms with Gasteiger partial charge in [0.2, 0.25) is 0 Å². The van der Waals surface area contributed by atoms with Gasteiger partial charge in [-0.05, 0) is 42.6 Å². The van der Waals surface area contributed by atoms with Crippen molar-refractivity contribution in [3.05, 3.63) is 34.3 Å². The molecule has 72 valence electrons. The Morgan fingerprint density at radius 3 is 2.92 bits per heavy atom. The summed E-state index contributed by atoms with van der Waals surface area (Å²) in [4.78, 5) is 0. The monoisotopic (exact) mass is 217 g/mol. The predicted molar refractivity (Wildman–Crippen MR) is 58.7 cm³/mol. The molecule has 0 atom stereocenters. The minimum Gasteiger partial charge on any atom is -0.313 e. The number of rotatable bonds is 0. The number of hydrogen-bond donors (Lipinski definition) is 1. The highest BCUT2D eigenvalue weighted by molar-refractivity contribution is 6.30. The van der Waals surface area contributed by atoms with Crippen molar-refractivity contribution in [2.24, 2.45) is 0 Å². The first-order valence-electron chi connectivity index (χ1n) is 4.34. The van der Waals surface area contributed by atoms with E-state index >= 15 is 0 Å². The Kier molecular flexibility index (Phi) is 4.04. The van der Waals surface area contributed by atoms with Crippen molar-refractivity contribution < 1.29 is 0 Å². The van der Waals surface area contributed by atoms with Gasteiger partial charge >= 0.3 is 0 Å². The molecule has 0 saturated carbocycles. The summed E-state index contributed by atoms with van der Waals surface area (Å²) >= 11 is 5.91. The quantitative estimate of drug-likeness (QED) is 0.706. The highest BCUT2D eigenvalue weighted by Gasteiger charge is 2.06. The van der Waals surface area contributed by atoms with Crippen LogP contribution in [0.4, 0.5) is 0 Å². The second-order valence-corrected chi connectivity index (χ2v) is 3.63. The van der Waals surface area contributed by atoms with Crippen LogP contribution in [0.25, 0.3) is 0 Å². The van der Waals surface area contributed by atoms with Crippen LogP contribution in [0.2, 0.25) is 5.02 Å². The molecule has 1 aliphatic heterocycles. The van der Waals surface area contributed by atoms with Crippen LogP contribution in [-0.4, -0.2) is 6.54 Å². The van der Waals surface area contributed by atoms with Gasteiger partial charge in [-0.25, -0.2) is 0 Å². The first-order valence-corrected chi connectivity index (χ1v) is 4.72. The molecule has 0 spiro atoms. The van der Waals surface area contributed by atoms with Gasteiger partial charge in [0.1, 0.15) is 0 Å².